The molecule has 2 atom stereocenters. The molecule has 114 valence electrons. The molecule has 0 rings (SSSR count). The molecule has 19 heavy (non-hydrogen) atoms. The van der Waals surface area contributed by atoms with Crippen LogP contribution in [0, 0.1) is 0 Å². The molecule has 2 unspecified atom stereocenters. The van der Waals surface area contributed by atoms with Crippen LogP contribution in [0.2, 0.25) is 0 Å². The minimum Gasteiger partial charge on any atom is -0.465 e. The van der Waals surface area contributed by atoms with Crippen molar-refractivity contribution in [3.05, 3.63) is 0 Å². The monoisotopic (exact) mass is 294 g/mol. The SMILES string of the molecule is CCOC(=O)C(C)(N)CC(C)N(C)CCS(C)(=O)=O. The van der Waals surface area contributed by atoms with Crippen LogP contribution in [-0.2, 0) is 19.4 Å². The summed E-state index contributed by atoms with van der Waals surface area (Å²) in [7, 11) is -1.17. The van der Waals surface area contributed by atoms with Crippen molar-refractivity contribution in [1.82, 2.24) is 4.90 Å². The van der Waals surface area contributed by atoms with Gasteiger partial charge in [-0.1, -0.05) is 0 Å². The third-order valence-corrected chi connectivity index (χ3v) is 3.95. The summed E-state index contributed by atoms with van der Waals surface area (Å²) in [5.41, 5.74) is 4.89. The summed E-state index contributed by atoms with van der Waals surface area (Å²) in [5, 5.41) is 0. The van der Waals surface area contributed by atoms with Crippen LogP contribution in [0.25, 0.3) is 0 Å². The highest BCUT2D eigenvalue weighted by molar-refractivity contribution is 7.90. The number of nitrogens with two attached hydrogens (primary N) is 1. The number of rotatable bonds is 8. The summed E-state index contributed by atoms with van der Waals surface area (Å²) in [5.74, 6) is -0.340. The summed E-state index contributed by atoms with van der Waals surface area (Å²) in [6.07, 6.45) is 1.61. The maximum absolute atomic E-state index is 11.7. The fraction of sp³-hybridized carbons (Fsp3) is 0.917. The molecule has 0 aliphatic carbocycles. The number of hydrogen-bond acceptors (Lipinski definition) is 6. The highest BCUT2D eigenvalue weighted by Gasteiger charge is 2.32. The van der Waals surface area contributed by atoms with Gasteiger partial charge in [0.05, 0.1) is 12.4 Å². The van der Waals surface area contributed by atoms with Crippen LogP contribution in [0.4, 0.5) is 0 Å². The Bertz CT molecular complexity index is 393. The maximum atomic E-state index is 11.7. The van der Waals surface area contributed by atoms with Gasteiger partial charge in [-0.15, -0.1) is 0 Å². The molecule has 0 amide bonds. The Labute approximate surface area is 116 Å². The molecule has 0 heterocycles. The fourth-order valence-corrected chi connectivity index (χ4v) is 2.30. The fourth-order valence-electron chi connectivity index (χ4n) is 1.68. The zero-order valence-corrected chi connectivity index (χ0v) is 13.3. The van der Waals surface area contributed by atoms with E-state index < -0.39 is 21.3 Å². The third kappa shape index (κ3) is 7.49. The van der Waals surface area contributed by atoms with E-state index in [9.17, 15) is 13.2 Å². The van der Waals surface area contributed by atoms with Crippen LogP contribution in [0.3, 0.4) is 0 Å². The summed E-state index contributed by atoms with van der Waals surface area (Å²) in [6.45, 7) is 5.98. The van der Waals surface area contributed by atoms with Gasteiger partial charge in [0.2, 0.25) is 0 Å². The van der Waals surface area contributed by atoms with Gasteiger partial charge in [-0.05, 0) is 34.2 Å². The number of nitrogens with zero attached hydrogens (tertiary/aromatic N) is 1. The molecule has 0 aromatic rings. The second-order valence-corrected chi connectivity index (χ2v) is 7.56. The van der Waals surface area contributed by atoms with Crippen LogP contribution >= 0.6 is 0 Å². The summed E-state index contributed by atoms with van der Waals surface area (Å²) < 4.78 is 27.1. The van der Waals surface area contributed by atoms with Gasteiger partial charge < -0.3 is 15.4 Å². The van der Waals surface area contributed by atoms with Crippen molar-refractivity contribution in [2.24, 2.45) is 5.73 Å². The van der Waals surface area contributed by atoms with E-state index in [2.05, 4.69) is 0 Å². The Kier molecular flexibility index (Phi) is 6.96. The van der Waals surface area contributed by atoms with Gasteiger partial charge in [-0.2, -0.15) is 0 Å². The Balaban J connectivity index is 4.42. The van der Waals surface area contributed by atoms with Crippen LogP contribution < -0.4 is 5.73 Å². The predicted molar refractivity (Wildman–Crippen MR) is 75.6 cm³/mol. The lowest BCUT2D eigenvalue weighted by atomic mass is 9.94. The van der Waals surface area contributed by atoms with Crippen molar-refractivity contribution in [3.63, 3.8) is 0 Å². The van der Waals surface area contributed by atoms with Crippen LogP contribution in [0.15, 0.2) is 0 Å². The summed E-state index contributed by atoms with van der Waals surface area (Å²) in [6, 6.07) is -0.0128. The third-order valence-electron chi connectivity index (χ3n) is 3.03. The van der Waals surface area contributed by atoms with E-state index in [-0.39, 0.29) is 11.8 Å². The second kappa shape index (κ2) is 7.21. The zero-order valence-electron chi connectivity index (χ0n) is 12.5. The minimum absolute atomic E-state index is 0.0128. The van der Waals surface area contributed by atoms with Crippen molar-refractivity contribution in [2.75, 3.05) is 32.2 Å². The van der Waals surface area contributed by atoms with Gasteiger partial charge in [-0.3, -0.25) is 4.79 Å². The van der Waals surface area contributed by atoms with Gasteiger partial charge in [0.25, 0.3) is 0 Å². The molecule has 0 aliphatic heterocycles. The smallest absolute Gasteiger partial charge is 0.325 e. The number of hydrogen-bond donors (Lipinski definition) is 1. The van der Waals surface area contributed by atoms with Gasteiger partial charge in [0.1, 0.15) is 15.4 Å². The standard InChI is InChI=1S/C12H26N2O4S/c1-6-18-11(15)12(3,13)9-10(2)14(4)7-8-19(5,16)17/h10H,6-9,13H2,1-5H3. The first-order valence-corrected chi connectivity index (χ1v) is 8.39. The number of carbonyl (C=O) groups excluding carboxylic acids is 1. The highest BCUT2D eigenvalue weighted by Crippen LogP contribution is 2.14. The molecule has 0 fully saturated rings. The molecular weight excluding hydrogens is 268 g/mol. The first-order chi connectivity index (χ1) is 8.49. The average Bonchev–Trinajstić information content (AvgIpc) is 2.24. The molecule has 0 saturated heterocycles. The van der Waals surface area contributed by atoms with E-state index in [4.69, 9.17) is 10.5 Å². The highest BCUT2D eigenvalue weighted by atomic mass is 32.2. The molecular formula is C12H26N2O4S. The normalized spacial score (nSPS) is 17.0. The Hall–Kier alpha value is -0.660. The molecule has 0 aromatic heterocycles. The van der Waals surface area contributed by atoms with Crippen molar-refractivity contribution in [3.8, 4) is 0 Å². The molecule has 6 nitrogen and oxygen atoms in total. The number of ether oxygens (including phenoxy) is 1. The maximum Gasteiger partial charge on any atom is 0.325 e. The van der Waals surface area contributed by atoms with E-state index in [1.807, 2.05) is 18.9 Å². The van der Waals surface area contributed by atoms with Crippen molar-refractivity contribution in [1.29, 1.82) is 0 Å². The number of carbonyl (C=O) groups is 1. The van der Waals surface area contributed by atoms with Crippen molar-refractivity contribution < 1.29 is 17.9 Å². The Morgan fingerprint density at radius 2 is 2.00 bits per heavy atom. The van der Waals surface area contributed by atoms with Crippen LogP contribution in [-0.4, -0.2) is 63.1 Å². The van der Waals surface area contributed by atoms with Crippen molar-refractivity contribution in [2.45, 2.75) is 38.8 Å². The lowest BCUT2D eigenvalue weighted by molar-refractivity contribution is -0.149. The van der Waals surface area contributed by atoms with Gasteiger partial charge in [0.15, 0.2) is 0 Å². The Morgan fingerprint density at radius 3 is 2.42 bits per heavy atom. The van der Waals surface area contributed by atoms with E-state index in [0.717, 1.165) is 0 Å². The van der Waals surface area contributed by atoms with E-state index in [1.54, 1.807) is 13.8 Å². The Morgan fingerprint density at radius 1 is 1.47 bits per heavy atom. The van der Waals surface area contributed by atoms with Gasteiger partial charge >= 0.3 is 5.97 Å². The topological polar surface area (TPSA) is 89.7 Å². The van der Waals surface area contributed by atoms with Gasteiger partial charge in [0, 0.05) is 18.8 Å². The zero-order chi connectivity index (χ0) is 15.3. The molecule has 0 aromatic carbocycles. The predicted octanol–water partition coefficient (Wildman–Crippen LogP) is 0.0219. The van der Waals surface area contributed by atoms with E-state index in [0.29, 0.717) is 19.6 Å². The summed E-state index contributed by atoms with van der Waals surface area (Å²) in [4.78, 5) is 13.6. The molecule has 0 saturated carbocycles. The number of sulfone groups is 1. The second-order valence-electron chi connectivity index (χ2n) is 5.30. The van der Waals surface area contributed by atoms with E-state index in [1.165, 1.54) is 6.26 Å². The lowest BCUT2D eigenvalue weighted by Crippen LogP contribution is -2.51. The minimum atomic E-state index is -2.99. The van der Waals surface area contributed by atoms with E-state index >= 15 is 0 Å². The van der Waals surface area contributed by atoms with Gasteiger partial charge in [-0.25, -0.2) is 8.42 Å². The molecule has 2 N–H and O–H groups in total. The quantitative estimate of drug-likeness (QED) is 0.635. The summed E-state index contributed by atoms with van der Waals surface area (Å²) >= 11 is 0. The first kappa shape index (κ1) is 18.3. The molecule has 0 bridgehead atoms. The lowest BCUT2D eigenvalue weighted by Gasteiger charge is -2.31. The average molecular weight is 294 g/mol. The number of esters is 1. The largest absolute Gasteiger partial charge is 0.465 e. The first-order valence-electron chi connectivity index (χ1n) is 6.33. The molecule has 7 heteroatoms. The van der Waals surface area contributed by atoms with Crippen LogP contribution in [0.1, 0.15) is 27.2 Å². The molecule has 0 aliphatic rings. The molecule has 0 spiro atoms. The van der Waals surface area contributed by atoms with Crippen molar-refractivity contribution >= 4 is 15.8 Å². The molecule has 0 radical (unpaired) electrons. The van der Waals surface area contributed by atoms with Crippen LogP contribution in [0.5, 0.6) is 0 Å².